The number of rotatable bonds is 4. The van der Waals surface area contributed by atoms with Crippen LogP contribution in [0.25, 0.3) is 0 Å². The summed E-state index contributed by atoms with van der Waals surface area (Å²) in [6, 6.07) is 0. The number of hydrogen-bond donors (Lipinski definition) is 0. The van der Waals surface area contributed by atoms with Gasteiger partial charge in [-0.25, -0.2) is 4.39 Å². The van der Waals surface area contributed by atoms with E-state index in [0.29, 0.717) is 12.1 Å². The molecule has 0 rings (SSSR count). The molecular weight excluding hydrogens is 133 g/mol. The molecule has 0 amide bonds. The van der Waals surface area contributed by atoms with Crippen molar-refractivity contribution in [2.75, 3.05) is 6.67 Å². The van der Waals surface area contributed by atoms with Crippen molar-refractivity contribution < 1.29 is 9.23 Å². The zero-order chi connectivity index (χ0) is 7.98. The molecular formula is C7H14FNO. The van der Waals surface area contributed by atoms with Gasteiger partial charge in [0.25, 0.3) is 0 Å². The Bertz CT molecular complexity index is 106. The molecule has 0 aliphatic rings. The molecule has 0 aromatic heterocycles. The smallest absolute Gasteiger partial charge is 0.131 e. The average molecular weight is 147 g/mol. The minimum atomic E-state index is -0.511. The minimum Gasteiger partial charge on any atom is -0.393 e. The van der Waals surface area contributed by atoms with E-state index in [-0.39, 0.29) is 6.10 Å². The van der Waals surface area contributed by atoms with Crippen molar-refractivity contribution in [3.8, 4) is 0 Å². The first-order chi connectivity index (χ1) is 4.70. The maximum atomic E-state index is 11.9. The molecule has 10 heavy (non-hydrogen) atoms. The topological polar surface area (TPSA) is 21.6 Å². The molecule has 0 aromatic carbocycles. The summed E-state index contributed by atoms with van der Waals surface area (Å²) in [5.74, 6) is 0. The highest BCUT2D eigenvalue weighted by Crippen LogP contribution is 1.93. The van der Waals surface area contributed by atoms with Gasteiger partial charge >= 0.3 is 0 Å². The van der Waals surface area contributed by atoms with Crippen LogP contribution < -0.4 is 0 Å². The van der Waals surface area contributed by atoms with Crippen molar-refractivity contribution >= 4 is 5.71 Å². The van der Waals surface area contributed by atoms with Gasteiger partial charge < -0.3 is 4.84 Å². The molecule has 0 heterocycles. The lowest BCUT2D eigenvalue weighted by molar-refractivity contribution is 0.0847. The van der Waals surface area contributed by atoms with Crippen LogP contribution in [-0.4, -0.2) is 18.5 Å². The number of halogens is 1. The highest BCUT2D eigenvalue weighted by atomic mass is 19.1. The molecule has 3 heteroatoms. The lowest BCUT2D eigenvalue weighted by Crippen LogP contribution is -2.03. The number of oxime groups is 1. The number of hydrogen-bond acceptors (Lipinski definition) is 2. The largest absolute Gasteiger partial charge is 0.393 e. The summed E-state index contributed by atoms with van der Waals surface area (Å²) in [5, 5.41) is 3.60. The van der Waals surface area contributed by atoms with Gasteiger partial charge in [0.15, 0.2) is 0 Å². The molecule has 0 atom stereocenters. The van der Waals surface area contributed by atoms with Gasteiger partial charge in [0.2, 0.25) is 0 Å². The normalized spacial score (nSPS) is 12.3. The van der Waals surface area contributed by atoms with Crippen LogP contribution >= 0.6 is 0 Å². The Morgan fingerprint density at radius 2 is 2.20 bits per heavy atom. The summed E-state index contributed by atoms with van der Waals surface area (Å²) in [4.78, 5) is 4.83. The van der Waals surface area contributed by atoms with Gasteiger partial charge in [-0.2, -0.15) is 0 Å². The Labute approximate surface area is 61.1 Å². The first-order valence-corrected chi connectivity index (χ1v) is 3.48. The molecule has 0 aliphatic carbocycles. The van der Waals surface area contributed by atoms with E-state index in [1.54, 1.807) is 0 Å². The second-order valence-electron chi connectivity index (χ2n) is 2.30. The lowest BCUT2D eigenvalue weighted by Gasteiger charge is -2.02. The summed E-state index contributed by atoms with van der Waals surface area (Å²) in [5.41, 5.74) is 0.466. The average Bonchev–Trinajstić information content (AvgIpc) is 1.90. The maximum absolute atomic E-state index is 11.9. The molecule has 0 fully saturated rings. The molecule has 0 unspecified atom stereocenters. The molecule has 0 spiro atoms. The highest BCUT2D eigenvalue weighted by molar-refractivity contribution is 5.84. The summed E-state index contributed by atoms with van der Waals surface area (Å²) < 4.78 is 11.9. The number of nitrogens with zero attached hydrogens (tertiary/aromatic N) is 1. The van der Waals surface area contributed by atoms with E-state index in [2.05, 4.69) is 5.16 Å². The van der Waals surface area contributed by atoms with Gasteiger partial charge in [0.1, 0.15) is 12.8 Å². The Hall–Kier alpha value is -0.600. The highest BCUT2D eigenvalue weighted by Gasteiger charge is 1.95. The van der Waals surface area contributed by atoms with E-state index in [9.17, 15) is 4.39 Å². The minimum absolute atomic E-state index is 0.0353. The van der Waals surface area contributed by atoms with E-state index in [1.165, 1.54) is 0 Å². The molecule has 0 saturated heterocycles. The molecule has 0 aliphatic heterocycles. The van der Waals surface area contributed by atoms with Crippen LogP contribution in [0, 0.1) is 0 Å². The third-order valence-electron chi connectivity index (χ3n) is 0.955. The quantitative estimate of drug-likeness (QED) is 0.441. The summed E-state index contributed by atoms with van der Waals surface area (Å²) in [6.45, 7) is 5.05. The fourth-order valence-corrected chi connectivity index (χ4v) is 0.363. The van der Waals surface area contributed by atoms with Crippen LogP contribution in [0.5, 0.6) is 0 Å². The van der Waals surface area contributed by atoms with E-state index in [0.717, 1.165) is 0 Å². The third-order valence-corrected chi connectivity index (χ3v) is 0.955. The van der Waals surface area contributed by atoms with Crippen LogP contribution in [0.2, 0.25) is 0 Å². The third kappa shape index (κ3) is 4.30. The van der Waals surface area contributed by atoms with Crippen LogP contribution in [0.3, 0.4) is 0 Å². The van der Waals surface area contributed by atoms with Gasteiger partial charge in [-0.1, -0.05) is 12.1 Å². The molecule has 0 saturated carbocycles. The van der Waals surface area contributed by atoms with E-state index >= 15 is 0 Å². The maximum Gasteiger partial charge on any atom is 0.131 e. The Morgan fingerprint density at radius 1 is 1.60 bits per heavy atom. The van der Waals surface area contributed by atoms with Crippen molar-refractivity contribution in [3.63, 3.8) is 0 Å². The second kappa shape index (κ2) is 5.21. The van der Waals surface area contributed by atoms with Crippen LogP contribution in [0.4, 0.5) is 4.39 Å². The fourth-order valence-electron chi connectivity index (χ4n) is 0.363. The number of alkyl halides is 1. The standard InChI is InChI=1S/C7H14FNO/c1-4-7(5-8)9-10-6(2)3/h6H,4-5H2,1-3H3/b9-7-. The first kappa shape index (κ1) is 9.40. The fraction of sp³-hybridized carbons (Fsp3) is 0.857. The van der Waals surface area contributed by atoms with Crippen molar-refractivity contribution in [2.45, 2.75) is 33.3 Å². The van der Waals surface area contributed by atoms with Crippen LogP contribution in [0.1, 0.15) is 27.2 Å². The first-order valence-electron chi connectivity index (χ1n) is 3.48. The molecule has 2 nitrogen and oxygen atoms in total. The van der Waals surface area contributed by atoms with Gasteiger partial charge in [-0.3, -0.25) is 0 Å². The predicted octanol–water partition coefficient (Wildman–Crippen LogP) is 2.15. The molecule has 60 valence electrons. The molecule has 0 aromatic rings. The Kier molecular flexibility index (Phi) is 4.89. The SMILES string of the molecule is CC/C(CF)=N/OC(C)C. The molecule has 0 radical (unpaired) electrons. The molecule has 0 N–H and O–H groups in total. The molecule has 0 bridgehead atoms. The van der Waals surface area contributed by atoms with Gasteiger partial charge in [0, 0.05) is 0 Å². The van der Waals surface area contributed by atoms with Gasteiger partial charge in [-0.15, -0.1) is 0 Å². The second-order valence-corrected chi connectivity index (χ2v) is 2.30. The van der Waals surface area contributed by atoms with Crippen LogP contribution in [-0.2, 0) is 4.84 Å². The van der Waals surface area contributed by atoms with E-state index in [4.69, 9.17) is 4.84 Å². The lowest BCUT2D eigenvalue weighted by atomic mass is 10.3. The van der Waals surface area contributed by atoms with Crippen molar-refractivity contribution in [2.24, 2.45) is 5.16 Å². The summed E-state index contributed by atoms with van der Waals surface area (Å²) in [6.07, 6.45) is 0.650. The van der Waals surface area contributed by atoms with Gasteiger partial charge in [-0.05, 0) is 20.3 Å². The Morgan fingerprint density at radius 3 is 2.50 bits per heavy atom. The van der Waals surface area contributed by atoms with E-state index < -0.39 is 6.67 Å². The zero-order valence-electron chi connectivity index (χ0n) is 6.72. The zero-order valence-corrected chi connectivity index (χ0v) is 6.72. The van der Waals surface area contributed by atoms with E-state index in [1.807, 2.05) is 20.8 Å². The summed E-state index contributed by atoms with van der Waals surface area (Å²) >= 11 is 0. The Balaban J connectivity index is 3.63. The predicted molar refractivity (Wildman–Crippen MR) is 39.9 cm³/mol. The summed E-state index contributed by atoms with van der Waals surface area (Å²) in [7, 11) is 0. The van der Waals surface area contributed by atoms with Crippen molar-refractivity contribution in [3.05, 3.63) is 0 Å². The van der Waals surface area contributed by atoms with Crippen molar-refractivity contribution in [1.82, 2.24) is 0 Å². The monoisotopic (exact) mass is 147 g/mol. The van der Waals surface area contributed by atoms with Crippen molar-refractivity contribution in [1.29, 1.82) is 0 Å². The van der Waals surface area contributed by atoms with Crippen LogP contribution in [0.15, 0.2) is 5.16 Å². The van der Waals surface area contributed by atoms with Gasteiger partial charge in [0.05, 0.1) is 5.71 Å².